The molecule has 1 saturated heterocycles. The van der Waals surface area contributed by atoms with Crippen LogP contribution in [0.4, 0.5) is 0 Å². The van der Waals surface area contributed by atoms with Crippen molar-refractivity contribution in [2.45, 2.75) is 51.3 Å². The Kier molecular flexibility index (Phi) is 5.61. The maximum atomic E-state index is 5.77. The Morgan fingerprint density at radius 1 is 1.53 bits per heavy atom. The smallest absolute Gasteiger partial charge is 0.217 e. The largest absolute Gasteiger partial charge is 0.481 e. The van der Waals surface area contributed by atoms with Crippen molar-refractivity contribution in [2.75, 3.05) is 13.7 Å². The fourth-order valence-electron chi connectivity index (χ4n) is 2.59. The maximum absolute atomic E-state index is 5.77. The highest BCUT2D eigenvalue weighted by Gasteiger charge is 2.21. The minimum atomic E-state index is 0.423. The summed E-state index contributed by atoms with van der Waals surface area (Å²) in [6.07, 6.45) is 6.72. The van der Waals surface area contributed by atoms with Gasteiger partial charge < -0.3 is 14.8 Å². The van der Waals surface area contributed by atoms with Crippen LogP contribution < -0.4 is 10.1 Å². The molecule has 1 N–H and O–H groups in total. The predicted octanol–water partition coefficient (Wildman–Crippen LogP) is 2.53. The van der Waals surface area contributed by atoms with Crippen LogP contribution in [0.15, 0.2) is 18.3 Å². The molecule has 1 aliphatic heterocycles. The molecule has 4 nitrogen and oxygen atoms in total. The van der Waals surface area contributed by atoms with Crippen molar-refractivity contribution in [3.05, 3.63) is 23.9 Å². The molecule has 2 unspecified atom stereocenters. The third-order valence-corrected chi connectivity index (χ3v) is 3.60. The third kappa shape index (κ3) is 4.18. The van der Waals surface area contributed by atoms with Crippen LogP contribution in [0.3, 0.4) is 0 Å². The zero-order valence-corrected chi connectivity index (χ0v) is 11.9. The Morgan fingerprint density at radius 3 is 3.21 bits per heavy atom. The van der Waals surface area contributed by atoms with Crippen molar-refractivity contribution in [3.8, 4) is 5.88 Å². The molecule has 4 heteroatoms. The Morgan fingerprint density at radius 2 is 2.42 bits per heavy atom. The van der Waals surface area contributed by atoms with Gasteiger partial charge in [-0.1, -0.05) is 19.4 Å². The Balaban J connectivity index is 1.84. The first-order valence-corrected chi connectivity index (χ1v) is 7.16. The third-order valence-electron chi connectivity index (χ3n) is 3.60. The second-order valence-electron chi connectivity index (χ2n) is 5.06. The molecule has 0 amide bonds. The monoisotopic (exact) mass is 264 g/mol. The number of methoxy groups -OCH3 is 1. The molecule has 0 aromatic carbocycles. The van der Waals surface area contributed by atoms with E-state index in [4.69, 9.17) is 9.47 Å². The standard InChI is InChI=1S/C15H24N2O2/c1-3-5-14-10-13(7-9-19-14)17-11-12-6-4-8-16-15(12)18-2/h4,6,8,13-14,17H,3,5,7,9-11H2,1-2H3. The van der Waals surface area contributed by atoms with Gasteiger partial charge in [0.2, 0.25) is 5.88 Å². The molecular weight excluding hydrogens is 240 g/mol. The van der Waals surface area contributed by atoms with Gasteiger partial charge >= 0.3 is 0 Å². The lowest BCUT2D eigenvalue weighted by atomic mass is 10.00. The molecule has 2 heterocycles. The summed E-state index contributed by atoms with van der Waals surface area (Å²) in [5, 5.41) is 3.60. The van der Waals surface area contributed by atoms with Gasteiger partial charge in [-0.15, -0.1) is 0 Å². The molecule has 1 aliphatic rings. The summed E-state index contributed by atoms with van der Waals surface area (Å²) in [4.78, 5) is 4.22. The maximum Gasteiger partial charge on any atom is 0.217 e. The molecule has 2 atom stereocenters. The van der Waals surface area contributed by atoms with E-state index in [0.717, 1.165) is 38.0 Å². The number of nitrogens with zero attached hydrogens (tertiary/aromatic N) is 1. The van der Waals surface area contributed by atoms with E-state index in [1.807, 2.05) is 6.07 Å². The van der Waals surface area contributed by atoms with E-state index in [9.17, 15) is 0 Å². The first-order chi connectivity index (χ1) is 9.33. The number of ether oxygens (including phenoxy) is 2. The Hall–Kier alpha value is -1.13. The zero-order valence-electron chi connectivity index (χ0n) is 11.9. The molecule has 2 rings (SSSR count). The van der Waals surface area contributed by atoms with Crippen molar-refractivity contribution in [2.24, 2.45) is 0 Å². The van der Waals surface area contributed by atoms with Crippen LogP contribution in [0.1, 0.15) is 38.2 Å². The van der Waals surface area contributed by atoms with Crippen LogP contribution in [0.2, 0.25) is 0 Å². The molecule has 0 bridgehead atoms. The van der Waals surface area contributed by atoms with Gasteiger partial charge in [0.05, 0.1) is 13.2 Å². The van der Waals surface area contributed by atoms with Gasteiger partial charge in [-0.2, -0.15) is 0 Å². The second-order valence-corrected chi connectivity index (χ2v) is 5.06. The van der Waals surface area contributed by atoms with E-state index in [2.05, 4.69) is 23.3 Å². The summed E-state index contributed by atoms with van der Waals surface area (Å²) in [5.74, 6) is 0.715. The molecule has 1 aromatic rings. The molecule has 106 valence electrons. The van der Waals surface area contributed by atoms with E-state index in [0.29, 0.717) is 18.0 Å². The van der Waals surface area contributed by atoms with E-state index < -0.39 is 0 Å². The van der Waals surface area contributed by atoms with Crippen molar-refractivity contribution in [1.82, 2.24) is 10.3 Å². The number of pyridine rings is 1. The van der Waals surface area contributed by atoms with Crippen LogP contribution in [-0.2, 0) is 11.3 Å². The van der Waals surface area contributed by atoms with Crippen molar-refractivity contribution < 1.29 is 9.47 Å². The molecule has 0 radical (unpaired) electrons. The first kappa shape index (κ1) is 14.3. The summed E-state index contributed by atoms with van der Waals surface area (Å²) in [7, 11) is 1.66. The number of nitrogens with one attached hydrogen (secondary N) is 1. The minimum absolute atomic E-state index is 0.423. The van der Waals surface area contributed by atoms with Crippen LogP contribution in [0.25, 0.3) is 0 Å². The van der Waals surface area contributed by atoms with Crippen LogP contribution in [-0.4, -0.2) is 30.8 Å². The van der Waals surface area contributed by atoms with Crippen LogP contribution >= 0.6 is 0 Å². The van der Waals surface area contributed by atoms with Gasteiger partial charge in [-0.05, 0) is 25.3 Å². The molecule has 0 saturated carbocycles. The molecular formula is C15H24N2O2. The van der Waals surface area contributed by atoms with Gasteiger partial charge in [0.25, 0.3) is 0 Å². The summed E-state index contributed by atoms with van der Waals surface area (Å²) < 4.78 is 11.0. The average molecular weight is 264 g/mol. The fourth-order valence-corrected chi connectivity index (χ4v) is 2.59. The highest BCUT2D eigenvalue weighted by atomic mass is 16.5. The van der Waals surface area contributed by atoms with E-state index in [1.165, 1.54) is 6.42 Å². The molecule has 0 aliphatic carbocycles. The SMILES string of the molecule is CCCC1CC(NCc2cccnc2OC)CCO1. The molecule has 1 fully saturated rings. The molecule has 0 spiro atoms. The van der Waals surface area contributed by atoms with Gasteiger partial charge in [-0.25, -0.2) is 4.98 Å². The predicted molar refractivity (Wildman–Crippen MR) is 75.3 cm³/mol. The highest BCUT2D eigenvalue weighted by Crippen LogP contribution is 2.19. The fraction of sp³-hybridized carbons (Fsp3) is 0.667. The van der Waals surface area contributed by atoms with Gasteiger partial charge in [0.1, 0.15) is 0 Å². The van der Waals surface area contributed by atoms with Crippen molar-refractivity contribution in [3.63, 3.8) is 0 Å². The van der Waals surface area contributed by atoms with Gasteiger partial charge in [-0.3, -0.25) is 0 Å². The lowest BCUT2D eigenvalue weighted by Gasteiger charge is -2.30. The van der Waals surface area contributed by atoms with E-state index >= 15 is 0 Å². The van der Waals surface area contributed by atoms with E-state index in [-0.39, 0.29) is 0 Å². The lowest BCUT2D eigenvalue weighted by Crippen LogP contribution is -2.38. The number of aromatic nitrogens is 1. The summed E-state index contributed by atoms with van der Waals surface area (Å²) in [6, 6.07) is 4.54. The molecule has 19 heavy (non-hydrogen) atoms. The highest BCUT2D eigenvalue weighted by molar-refractivity contribution is 5.25. The summed E-state index contributed by atoms with van der Waals surface area (Å²) in [5.41, 5.74) is 1.11. The van der Waals surface area contributed by atoms with E-state index in [1.54, 1.807) is 13.3 Å². The zero-order chi connectivity index (χ0) is 13.5. The summed E-state index contributed by atoms with van der Waals surface area (Å²) in [6.45, 7) is 3.88. The summed E-state index contributed by atoms with van der Waals surface area (Å²) >= 11 is 0. The Bertz CT molecular complexity index is 382. The second kappa shape index (κ2) is 7.46. The number of rotatable bonds is 6. The van der Waals surface area contributed by atoms with Crippen LogP contribution in [0.5, 0.6) is 5.88 Å². The van der Waals surface area contributed by atoms with Crippen LogP contribution in [0, 0.1) is 0 Å². The number of hydrogen-bond donors (Lipinski definition) is 1. The van der Waals surface area contributed by atoms with Crippen molar-refractivity contribution >= 4 is 0 Å². The van der Waals surface area contributed by atoms with Gasteiger partial charge in [0.15, 0.2) is 0 Å². The number of hydrogen-bond acceptors (Lipinski definition) is 4. The lowest BCUT2D eigenvalue weighted by molar-refractivity contribution is -0.00345. The van der Waals surface area contributed by atoms with Gasteiger partial charge in [0, 0.05) is 31.0 Å². The molecule has 1 aromatic heterocycles. The van der Waals surface area contributed by atoms with Crippen molar-refractivity contribution in [1.29, 1.82) is 0 Å². The quantitative estimate of drug-likeness (QED) is 0.857. The normalized spacial score (nSPS) is 23.3. The average Bonchev–Trinajstić information content (AvgIpc) is 2.46. The topological polar surface area (TPSA) is 43.4 Å². The first-order valence-electron chi connectivity index (χ1n) is 7.16. The Labute approximate surface area is 115 Å². The minimum Gasteiger partial charge on any atom is -0.481 e.